The summed E-state index contributed by atoms with van der Waals surface area (Å²) in [5.74, 6) is -0.152. The van der Waals surface area contributed by atoms with E-state index in [4.69, 9.17) is 9.05 Å². The smallest absolute Gasteiger partial charge is 0.391 e. The molecule has 0 aromatic carbocycles. The van der Waals surface area contributed by atoms with Gasteiger partial charge in [-0.15, -0.1) is 0 Å². The lowest BCUT2D eigenvalue weighted by atomic mass is 10.0. The number of allylic oxidation sites excluding steroid dienone is 2. The van der Waals surface area contributed by atoms with Crippen LogP contribution in [0.25, 0.3) is 0 Å². The average Bonchev–Trinajstić information content (AvgIpc) is 3.10. The maximum absolute atomic E-state index is 12.9. The van der Waals surface area contributed by atoms with E-state index in [-0.39, 0.29) is 19.1 Å². The van der Waals surface area contributed by atoms with Crippen LogP contribution in [-0.4, -0.2) is 73.4 Å². The zero-order valence-corrected chi connectivity index (χ0v) is 36.7. The highest BCUT2D eigenvalue weighted by atomic mass is 31.2. The fraction of sp³-hybridized carbons (Fsp3) is 0.932. The topological polar surface area (TPSA) is 105 Å². The first-order valence-corrected chi connectivity index (χ1v) is 24.0. The highest BCUT2D eigenvalue weighted by Gasteiger charge is 2.28. The third kappa shape index (κ3) is 39.3. The molecular weight excluding hydrogens is 683 g/mol. The van der Waals surface area contributed by atoms with Crippen molar-refractivity contribution in [1.29, 1.82) is 0 Å². The summed E-state index contributed by atoms with van der Waals surface area (Å²) in [6.07, 6.45) is 40.9. The fourth-order valence-electron chi connectivity index (χ4n) is 6.63. The maximum atomic E-state index is 12.9. The number of quaternary nitrogens is 1. The van der Waals surface area contributed by atoms with Gasteiger partial charge in [0.1, 0.15) is 13.2 Å². The minimum Gasteiger partial charge on any atom is -0.391 e. The molecule has 0 aliphatic carbocycles. The predicted molar refractivity (Wildman–Crippen MR) is 226 cm³/mol. The van der Waals surface area contributed by atoms with Crippen LogP contribution in [-0.2, 0) is 18.4 Å². The molecule has 0 saturated carbocycles. The molecule has 3 N–H and O–H groups in total. The van der Waals surface area contributed by atoms with Gasteiger partial charge in [0.25, 0.3) is 0 Å². The van der Waals surface area contributed by atoms with Crippen molar-refractivity contribution < 1.29 is 32.9 Å². The summed E-state index contributed by atoms with van der Waals surface area (Å²) in [6.45, 7) is 4.88. The summed E-state index contributed by atoms with van der Waals surface area (Å²) in [6, 6.07) is -0.770. The Balaban J connectivity index is 4.38. The number of likely N-dealkylation sites (N-methyl/N-ethyl adjacent to an activating group) is 1. The maximum Gasteiger partial charge on any atom is 0.472 e. The summed E-state index contributed by atoms with van der Waals surface area (Å²) < 4.78 is 23.6. The van der Waals surface area contributed by atoms with Crippen LogP contribution in [0.4, 0.5) is 0 Å². The molecule has 1 unspecified atom stereocenters. The molecule has 8 nitrogen and oxygen atoms in total. The predicted octanol–water partition coefficient (Wildman–Crippen LogP) is 12.4. The van der Waals surface area contributed by atoms with E-state index in [1.54, 1.807) is 0 Å². The molecule has 0 fully saturated rings. The second-order valence-corrected chi connectivity index (χ2v) is 18.2. The zero-order valence-electron chi connectivity index (χ0n) is 35.8. The standard InChI is InChI=1S/C44H89N2O6P/c1-6-8-10-12-14-16-18-20-22-23-24-25-27-29-31-33-35-37-43(47)42(41-52-53(49,50)51-40-39-46(3,4)5)45-44(48)38-36-34-32-30-28-26-21-19-17-15-13-11-9-7-2/h27,29,42-43,47H,6-26,28,30-41H2,1-5H3,(H-,45,48,49,50)/p+1/b29-27+/t42-,43+/m0/s1. The molecule has 1 amide bonds. The lowest BCUT2D eigenvalue weighted by molar-refractivity contribution is -0.870. The highest BCUT2D eigenvalue weighted by molar-refractivity contribution is 7.47. The van der Waals surface area contributed by atoms with Crippen molar-refractivity contribution in [1.82, 2.24) is 5.32 Å². The van der Waals surface area contributed by atoms with Crippen molar-refractivity contribution >= 4 is 13.7 Å². The Morgan fingerprint density at radius 3 is 1.45 bits per heavy atom. The lowest BCUT2D eigenvalue weighted by Crippen LogP contribution is -2.46. The first-order valence-electron chi connectivity index (χ1n) is 22.6. The number of aliphatic hydroxyl groups is 1. The van der Waals surface area contributed by atoms with E-state index in [9.17, 15) is 19.4 Å². The minimum absolute atomic E-state index is 0.0722. The van der Waals surface area contributed by atoms with Crippen molar-refractivity contribution in [3.8, 4) is 0 Å². The van der Waals surface area contributed by atoms with Crippen molar-refractivity contribution in [2.75, 3.05) is 40.9 Å². The Hall–Kier alpha value is -0.760. The summed E-state index contributed by atoms with van der Waals surface area (Å²) >= 11 is 0. The van der Waals surface area contributed by atoms with Gasteiger partial charge in [0, 0.05) is 6.42 Å². The van der Waals surface area contributed by atoms with Crippen molar-refractivity contribution in [3.05, 3.63) is 12.2 Å². The number of phosphoric ester groups is 1. The van der Waals surface area contributed by atoms with Crippen molar-refractivity contribution in [2.45, 2.75) is 225 Å². The zero-order chi connectivity index (χ0) is 39.3. The van der Waals surface area contributed by atoms with Gasteiger partial charge < -0.3 is 19.8 Å². The van der Waals surface area contributed by atoms with Crippen LogP contribution in [0.2, 0.25) is 0 Å². The number of hydrogen-bond donors (Lipinski definition) is 3. The van der Waals surface area contributed by atoms with Crippen LogP contribution in [0.3, 0.4) is 0 Å². The molecule has 53 heavy (non-hydrogen) atoms. The molecule has 0 radical (unpaired) electrons. The Bertz CT molecular complexity index is 880. The number of unbranched alkanes of at least 4 members (excludes halogenated alkanes) is 26. The van der Waals surface area contributed by atoms with Crippen LogP contribution in [0, 0.1) is 0 Å². The summed E-state index contributed by atoms with van der Waals surface area (Å²) in [5.41, 5.74) is 0. The fourth-order valence-corrected chi connectivity index (χ4v) is 7.36. The van der Waals surface area contributed by atoms with Crippen molar-refractivity contribution in [2.24, 2.45) is 0 Å². The summed E-state index contributed by atoms with van der Waals surface area (Å²) in [5, 5.41) is 13.9. The Morgan fingerprint density at radius 1 is 0.623 bits per heavy atom. The average molecular weight is 774 g/mol. The van der Waals surface area contributed by atoms with Crippen molar-refractivity contribution in [3.63, 3.8) is 0 Å². The molecule has 0 heterocycles. The number of rotatable bonds is 41. The van der Waals surface area contributed by atoms with Gasteiger partial charge in [0.15, 0.2) is 0 Å². The number of nitrogens with one attached hydrogen (secondary N) is 1. The van der Waals surface area contributed by atoms with E-state index in [0.29, 0.717) is 23.9 Å². The van der Waals surface area contributed by atoms with Crippen LogP contribution < -0.4 is 5.32 Å². The van der Waals surface area contributed by atoms with Crippen LogP contribution in [0.1, 0.15) is 213 Å². The van der Waals surface area contributed by atoms with E-state index >= 15 is 0 Å². The van der Waals surface area contributed by atoms with Gasteiger partial charge in [-0.2, -0.15) is 0 Å². The largest absolute Gasteiger partial charge is 0.472 e. The van der Waals surface area contributed by atoms with E-state index in [2.05, 4.69) is 31.3 Å². The van der Waals surface area contributed by atoms with Crippen LogP contribution in [0.15, 0.2) is 12.2 Å². The van der Waals surface area contributed by atoms with Gasteiger partial charge in [-0.3, -0.25) is 13.8 Å². The summed E-state index contributed by atoms with van der Waals surface area (Å²) in [4.78, 5) is 23.1. The van der Waals surface area contributed by atoms with E-state index < -0.39 is 20.0 Å². The molecule has 0 rings (SSSR count). The number of nitrogens with zero attached hydrogens (tertiary/aromatic N) is 1. The number of phosphoric acid groups is 1. The number of amides is 1. The Morgan fingerprint density at radius 2 is 1.02 bits per heavy atom. The van der Waals surface area contributed by atoms with E-state index in [1.165, 1.54) is 141 Å². The molecule has 3 atom stereocenters. The van der Waals surface area contributed by atoms with E-state index in [1.807, 2.05) is 21.1 Å². The van der Waals surface area contributed by atoms with Gasteiger partial charge >= 0.3 is 7.82 Å². The summed E-state index contributed by atoms with van der Waals surface area (Å²) in [7, 11) is 1.61. The molecule has 0 aromatic heterocycles. The molecule has 0 aliphatic rings. The normalized spacial score (nSPS) is 14.5. The van der Waals surface area contributed by atoms with E-state index in [0.717, 1.165) is 44.9 Å². The van der Waals surface area contributed by atoms with Gasteiger partial charge in [-0.05, 0) is 38.5 Å². The van der Waals surface area contributed by atoms with Crippen LogP contribution >= 0.6 is 7.82 Å². The second kappa shape index (κ2) is 36.9. The van der Waals surface area contributed by atoms with Gasteiger partial charge in [0.2, 0.25) is 5.91 Å². The minimum atomic E-state index is -4.31. The number of hydrogen-bond acceptors (Lipinski definition) is 5. The molecule has 0 spiro atoms. The SMILES string of the molecule is CCCCCCCCCCCCC/C=C/CCCC[C@@H](O)[C@H](COP(=O)(O)OCC[N+](C)(C)C)NC(=O)CCCCCCCCCCCCCCCC. The molecule has 0 bridgehead atoms. The third-order valence-corrected chi connectivity index (χ3v) is 11.2. The Labute approximate surface area is 329 Å². The van der Waals surface area contributed by atoms with Gasteiger partial charge in [0.05, 0.1) is 39.9 Å². The highest BCUT2D eigenvalue weighted by Crippen LogP contribution is 2.43. The number of aliphatic hydroxyl groups excluding tert-OH is 1. The third-order valence-electron chi connectivity index (χ3n) is 10.3. The molecular formula is C44H90N2O6P+. The number of carbonyl (C=O) groups excluding carboxylic acids is 1. The molecule has 9 heteroatoms. The first-order chi connectivity index (χ1) is 25.5. The molecule has 0 aliphatic heterocycles. The Kier molecular flexibility index (Phi) is 36.3. The lowest BCUT2D eigenvalue weighted by Gasteiger charge is -2.26. The second-order valence-electron chi connectivity index (χ2n) is 16.8. The van der Waals surface area contributed by atoms with Crippen LogP contribution in [0.5, 0.6) is 0 Å². The monoisotopic (exact) mass is 774 g/mol. The van der Waals surface area contributed by atoms with Gasteiger partial charge in [-0.25, -0.2) is 4.57 Å². The quantitative estimate of drug-likeness (QED) is 0.0247. The first kappa shape index (κ1) is 52.2. The molecule has 0 saturated heterocycles. The number of carbonyl (C=O) groups is 1. The molecule has 0 aromatic rings. The molecule has 316 valence electrons. The van der Waals surface area contributed by atoms with Gasteiger partial charge in [-0.1, -0.05) is 180 Å².